The normalized spacial score (nSPS) is 10.8. The van der Waals surface area contributed by atoms with Crippen LogP contribution in [-0.4, -0.2) is 5.91 Å². The molecule has 0 bridgehead atoms. The Kier molecular flexibility index (Phi) is 4.60. The molecular weight excluding hydrogens is 409 g/mol. The molecule has 1 aromatic heterocycles. The Morgan fingerprint density at radius 2 is 1.94 bits per heavy atom. The largest absolute Gasteiger partial charge is 0.450 e. The summed E-state index contributed by atoms with van der Waals surface area (Å²) in [5.74, 6) is 0.434. The van der Waals surface area contributed by atoms with Crippen molar-refractivity contribution in [3.63, 3.8) is 0 Å². The Labute approximate surface area is 127 Å². The van der Waals surface area contributed by atoms with Gasteiger partial charge in [-0.25, -0.2) is 0 Å². The lowest BCUT2D eigenvalue weighted by atomic mass is 10.3. The second-order valence-electron chi connectivity index (χ2n) is 3.47. The van der Waals surface area contributed by atoms with E-state index >= 15 is 0 Å². The van der Waals surface area contributed by atoms with Crippen LogP contribution >= 0.6 is 38.5 Å². The van der Waals surface area contributed by atoms with E-state index in [2.05, 4.69) is 43.8 Å². The maximum absolute atomic E-state index is 11.6. The maximum Gasteiger partial charge on any atom is 0.248 e. The van der Waals surface area contributed by atoms with Crippen LogP contribution in [0.1, 0.15) is 5.76 Å². The number of carbonyl (C=O) groups is 1. The number of hydrogen-bond donors (Lipinski definition) is 1. The number of benzene rings is 1. The van der Waals surface area contributed by atoms with E-state index in [4.69, 9.17) is 4.42 Å². The smallest absolute Gasteiger partial charge is 0.248 e. The van der Waals surface area contributed by atoms with Crippen molar-refractivity contribution in [3.8, 4) is 0 Å². The number of halogens is 2. The molecule has 0 spiro atoms. The first-order valence-electron chi connectivity index (χ1n) is 5.13. The van der Waals surface area contributed by atoms with Gasteiger partial charge in [-0.3, -0.25) is 4.79 Å². The quantitative estimate of drug-likeness (QED) is 0.597. The summed E-state index contributed by atoms with van der Waals surface area (Å²) < 4.78 is 7.01. The minimum atomic E-state index is -0.191. The van der Waals surface area contributed by atoms with Gasteiger partial charge in [0.2, 0.25) is 5.91 Å². The lowest BCUT2D eigenvalue weighted by Crippen LogP contribution is -2.07. The van der Waals surface area contributed by atoms with Gasteiger partial charge in [0.05, 0.1) is 0 Å². The molecule has 0 atom stereocenters. The van der Waals surface area contributed by atoms with Crippen molar-refractivity contribution in [1.82, 2.24) is 0 Å². The Hall–Kier alpha value is -1.08. The fraction of sp³-hybridized carbons (Fsp3) is 0. The molecule has 92 valence electrons. The molecule has 0 saturated carbocycles. The van der Waals surface area contributed by atoms with E-state index in [1.807, 2.05) is 24.3 Å². The standard InChI is InChI=1S/C13H9BrINO2/c14-12-7-5-11(18-12)6-8-13(17)16-10-3-1-9(15)2-4-10/h1-8H,(H,16,17)/b8-6+. The van der Waals surface area contributed by atoms with E-state index in [1.54, 1.807) is 18.2 Å². The fourth-order valence-corrected chi connectivity index (χ4v) is 1.97. The van der Waals surface area contributed by atoms with Crippen LogP contribution in [0.2, 0.25) is 0 Å². The fourth-order valence-electron chi connectivity index (χ4n) is 1.29. The topological polar surface area (TPSA) is 42.2 Å². The highest BCUT2D eigenvalue weighted by molar-refractivity contribution is 14.1. The number of carbonyl (C=O) groups excluding carboxylic acids is 1. The number of furan rings is 1. The van der Waals surface area contributed by atoms with Gasteiger partial charge in [-0.15, -0.1) is 0 Å². The van der Waals surface area contributed by atoms with Crippen molar-refractivity contribution < 1.29 is 9.21 Å². The molecule has 0 unspecified atom stereocenters. The molecule has 1 N–H and O–H groups in total. The first-order chi connectivity index (χ1) is 8.63. The minimum absolute atomic E-state index is 0.191. The van der Waals surface area contributed by atoms with Gasteiger partial charge in [0, 0.05) is 15.3 Å². The zero-order valence-corrected chi connectivity index (χ0v) is 12.9. The molecule has 0 aliphatic carbocycles. The molecule has 0 aliphatic heterocycles. The predicted molar refractivity (Wildman–Crippen MR) is 83.2 cm³/mol. The molecule has 5 heteroatoms. The number of rotatable bonds is 3. The van der Waals surface area contributed by atoms with Crippen molar-refractivity contribution >= 4 is 56.2 Å². The molecule has 3 nitrogen and oxygen atoms in total. The van der Waals surface area contributed by atoms with E-state index in [0.29, 0.717) is 10.4 Å². The molecule has 1 aromatic carbocycles. The third-order valence-electron chi connectivity index (χ3n) is 2.10. The van der Waals surface area contributed by atoms with Gasteiger partial charge in [-0.2, -0.15) is 0 Å². The van der Waals surface area contributed by atoms with Gasteiger partial charge in [-0.05, 0) is 81.0 Å². The lowest BCUT2D eigenvalue weighted by molar-refractivity contribution is -0.111. The third-order valence-corrected chi connectivity index (χ3v) is 3.25. The van der Waals surface area contributed by atoms with E-state index in [1.165, 1.54) is 6.08 Å². The highest BCUT2D eigenvalue weighted by Crippen LogP contribution is 2.15. The molecule has 1 heterocycles. The van der Waals surface area contributed by atoms with Crippen molar-refractivity contribution in [1.29, 1.82) is 0 Å². The van der Waals surface area contributed by atoms with Crippen molar-refractivity contribution in [2.24, 2.45) is 0 Å². The summed E-state index contributed by atoms with van der Waals surface area (Å²) >= 11 is 5.41. The van der Waals surface area contributed by atoms with Crippen LogP contribution in [0.15, 0.2) is 51.6 Å². The molecule has 2 rings (SSSR count). The highest BCUT2D eigenvalue weighted by Gasteiger charge is 1.99. The van der Waals surface area contributed by atoms with Gasteiger partial charge in [0.15, 0.2) is 4.67 Å². The molecule has 0 fully saturated rings. The van der Waals surface area contributed by atoms with E-state index in [9.17, 15) is 4.79 Å². The van der Waals surface area contributed by atoms with Crippen LogP contribution in [0.5, 0.6) is 0 Å². The van der Waals surface area contributed by atoms with Crippen LogP contribution in [-0.2, 0) is 4.79 Å². The monoisotopic (exact) mass is 417 g/mol. The summed E-state index contributed by atoms with van der Waals surface area (Å²) in [7, 11) is 0. The summed E-state index contributed by atoms with van der Waals surface area (Å²) in [5, 5.41) is 2.76. The van der Waals surface area contributed by atoms with Gasteiger partial charge >= 0.3 is 0 Å². The number of anilines is 1. The first kappa shape index (κ1) is 13.4. The maximum atomic E-state index is 11.6. The highest BCUT2D eigenvalue weighted by atomic mass is 127. The Bertz CT molecular complexity index is 575. The van der Waals surface area contributed by atoms with Gasteiger partial charge in [-0.1, -0.05) is 0 Å². The van der Waals surface area contributed by atoms with Crippen LogP contribution < -0.4 is 5.32 Å². The van der Waals surface area contributed by atoms with Crippen molar-refractivity contribution in [3.05, 3.63) is 56.5 Å². The number of hydrogen-bond acceptors (Lipinski definition) is 2. The summed E-state index contributed by atoms with van der Waals surface area (Å²) in [4.78, 5) is 11.6. The lowest BCUT2D eigenvalue weighted by Gasteiger charge is -2.01. The molecule has 0 radical (unpaired) electrons. The predicted octanol–water partition coefficient (Wildman–Crippen LogP) is 4.30. The van der Waals surface area contributed by atoms with Crippen LogP contribution in [0, 0.1) is 3.57 Å². The molecular formula is C13H9BrINO2. The third kappa shape index (κ3) is 3.99. The SMILES string of the molecule is O=C(/C=C/c1ccc(Br)o1)Nc1ccc(I)cc1. The molecule has 0 aliphatic rings. The second kappa shape index (κ2) is 6.19. The van der Waals surface area contributed by atoms with Gasteiger partial charge < -0.3 is 9.73 Å². The zero-order valence-electron chi connectivity index (χ0n) is 9.19. The van der Waals surface area contributed by atoms with E-state index in [0.717, 1.165) is 9.26 Å². The average Bonchev–Trinajstić information content (AvgIpc) is 2.76. The Morgan fingerprint density at radius 1 is 1.22 bits per heavy atom. The first-order valence-corrected chi connectivity index (χ1v) is 7.00. The molecule has 18 heavy (non-hydrogen) atoms. The van der Waals surface area contributed by atoms with Crippen LogP contribution in [0.4, 0.5) is 5.69 Å². The summed E-state index contributed by atoms with van der Waals surface area (Å²) in [5.41, 5.74) is 0.769. The number of nitrogens with one attached hydrogen (secondary N) is 1. The summed E-state index contributed by atoms with van der Waals surface area (Å²) in [6, 6.07) is 11.1. The average molecular weight is 418 g/mol. The van der Waals surface area contributed by atoms with Gasteiger partial charge in [0.25, 0.3) is 0 Å². The van der Waals surface area contributed by atoms with Crippen LogP contribution in [0.3, 0.4) is 0 Å². The summed E-state index contributed by atoms with van der Waals surface area (Å²) in [6.45, 7) is 0. The van der Waals surface area contributed by atoms with Crippen LogP contribution in [0.25, 0.3) is 6.08 Å². The number of amides is 1. The Morgan fingerprint density at radius 3 is 2.56 bits per heavy atom. The van der Waals surface area contributed by atoms with Crippen molar-refractivity contribution in [2.45, 2.75) is 0 Å². The molecule has 1 amide bonds. The summed E-state index contributed by atoms with van der Waals surface area (Å²) in [6.07, 6.45) is 3.05. The second-order valence-corrected chi connectivity index (χ2v) is 5.50. The Balaban J connectivity index is 1.96. The van der Waals surface area contributed by atoms with Gasteiger partial charge in [0.1, 0.15) is 5.76 Å². The molecule has 0 saturated heterocycles. The van der Waals surface area contributed by atoms with Crippen molar-refractivity contribution in [2.75, 3.05) is 5.32 Å². The minimum Gasteiger partial charge on any atom is -0.450 e. The molecule has 2 aromatic rings. The zero-order chi connectivity index (χ0) is 13.0. The van der Waals surface area contributed by atoms with E-state index < -0.39 is 0 Å². The van der Waals surface area contributed by atoms with E-state index in [-0.39, 0.29) is 5.91 Å².